The third kappa shape index (κ3) is 2.91. The van der Waals surface area contributed by atoms with E-state index in [0.717, 1.165) is 78.3 Å². The fourth-order valence-electron chi connectivity index (χ4n) is 6.90. The van der Waals surface area contributed by atoms with Gasteiger partial charge in [0.25, 0.3) is 0 Å². The fraction of sp³-hybridized carbons (Fsp3) is 0.952. The molecule has 3 atom stereocenters. The highest BCUT2D eigenvalue weighted by molar-refractivity contribution is 5.79. The lowest BCUT2D eigenvalue weighted by Gasteiger charge is -2.68. The van der Waals surface area contributed by atoms with Crippen LogP contribution in [0.25, 0.3) is 0 Å². The topological polar surface area (TPSA) is 63.3 Å². The van der Waals surface area contributed by atoms with Crippen LogP contribution in [-0.4, -0.2) is 116 Å². The van der Waals surface area contributed by atoms with Gasteiger partial charge in [0.2, 0.25) is 11.8 Å². The second-order valence-corrected chi connectivity index (χ2v) is 9.37. The van der Waals surface area contributed by atoms with E-state index in [1.54, 1.807) is 0 Å². The maximum Gasteiger partial charge on any atom is 0.236 e. The average molecular weight is 407 g/mol. The molecule has 8 heteroatoms. The standard InChI is InChI=1S/C21H38N6O2/c1-24-15-16-29-21(26-13-8-22-9-14-26,27-12-4-5-19(27)28)20(24,18-6-7-23-17-18)25-10-2-3-11-25/h18,22-23H,2-17H2,1H3. The Balaban J connectivity index is 1.70. The average Bonchev–Trinajstić information content (AvgIpc) is 3.52. The van der Waals surface area contributed by atoms with Gasteiger partial charge in [-0.25, -0.2) is 0 Å². The maximum absolute atomic E-state index is 13.3. The van der Waals surface area contributed by atoms with Crippen LogP contribution in [0.5, 0.6) is 0 Å². The molecular formula is C21H38N6O2. The van der Waals surface area contributed by atoms with Crippen LogP contribution in [0.15, 0.2) is 0 Å². The molecule has 8 nitrogen and oxygen atoms in total. The van der Waals surface area contributed by atoms with Crippen LogP contribution in [0.3, 0.4) is 0 Å². The quantitative estimate of drug-likeness (QED) is 0.655. The van der Waals surface area contributed by atoms with Crippen molar-refractivity contribution in [3.63, 3.8) is 0 Å². The van der Waals surface area contributed by atoms with Crippen molar-refractivity contribution in [1.82, 2.24) is 30.2 Å². The summed E-state index contributed by atoms with van der Waals surface area (Å²) in [6, 6.07) is 0. The number of carbonyl (C=O) groups is 1. The van der Waals surface area contributed by atoms with E-state index in [0.29, 0.717) is 18.9 Å². The molecule has 164 valence electrons. The number of amides is 1. The van der Waals surface area contributed by atoms with E-state index in [1.165, 1.54) is 12.8 Å². The van der Waals surface area contributed by atoms with Gasteiger partial charge in [0.1, 0.15) is 5.66 Å². The van der Waals surface area contributed by atoms with Crippen molar-refractivity contribution in [2.45, 2.75) is 43.6 Å². The number of rotatable bonds is 4. The van der Waals surface area contributed by atoms with Gasteiger partial charge in [0.15, 0.2) is 0 Å². The molecule has 0 bridgehead atoms. The number of nitrogens with one attached hydrogen (secondary N) is 2. The SMILES string of the molecule is CN1CCOC(N2CCNCC2)(N2CCCC2=O)C1(C1CCNC1)N1CCCC1. The highest BCUT2D eigenvalue weighted by atomic mass is 16.5. The lowest BCUT2D eigenvalue weighted by atomic mass is 9.80. The molecule has 2 N–H and O–H groups in total. The lowest BCUT2D eigenvalue weighted by molar-refractivity contribution is -0.369. The van der Waals surface area contributed by atoms with E-state index < -0.39 is 5.85 Å². The summed E-state index contributed by atoms with van der Waals surface area (Å²) < 4.78 is 6.96. The number of hydrogen-bond donors (Lipinski definition) is 2. The Labute approximate surface area is 174 Å². The van der Waals surface area contributed by atoms with Gasteiger partial charge in [-0.15, -0.1) is 0 Å². The largest absolute Gasteiger partial charge is 0.338 e. The molecule has 5 heterocycles. The van der Waals surface area contributed by atoms with Gasteiger partial charge in [-0.1, -0.05) is 0 Å². The third-order valence-electron chi connectivity index (χ3n) is 7.99. The zero-order valence-corrected chi connectivity index (χ0v) is 18.0. The maximum atomic E-state index is 13.3. The van der Waals surface area contributed by atoms with Crippen molar-refractivity contribution in [2.24, 2.45) is 5.92 Å². The minimum Gasteiger partial charge on any atom is -0.338 e. The number of morpholine rings is 1. The number of hydrogen-bond acceptors (Lipinski definition) is 7. The molecule has 1 amide bonds. The minimum atomic E-state index is -0.698. The van der Waals surface area contributed by atoms with Gasteiger partial charge in [-0.05, 0) is 39.3 Å². The summed E-state index contributed by atoms with van der Waals surface area (Å²) >= 11 is 0. The molecule has 0 aliphatic carbocycles. The number of carbonyl (C=O) groups excluding carboxylic acids is 1. The van der Waals surface area contributed by atoms with Crippen LogP contribution >= 0.6 is 0 Å². The van der Waals surface area contributed by atoms with Gasteiger partial charge >= 0.3 is 0 Å². The van der Waals surface area contributed by atoms with E-state index in [4.69, 9.17) is 4.74 Å². The van der Waals surface area contributed by atoms with Gasteiger partial charge < -0.3 is 15.4 Å². The summed E-state index contributed by atoms with van der Waals surface area (Å²) in [5.74, 6) is 0.0130. The Morgan fingerprint density at radius 2 is 1.72 bits per heavy atom. The molecule has 29 heavy (non-hydrogen) atoms. The predicted octanol–water partition coefficient (Wildman–Crippen LogP) is -0.469. The molecule has 5 rings (SSSR count). The molecule has 5 fully saturated rings. The first-order chi connectivity index (χ1) is 14.2. The van der Waals surface area contributed by atoms with E-state index in [2.05, 4.69) is 37.3 Å². The Kier molecular flexibility index (Phi) is 5.60. The van der Waals surface area contributed by atoms with E-state index in [9.17, 15) is 4.79 Å². The molecule has 0 aromatic rings. The normalized spacial score (nSPS) is 40.9. The number of likely N-dealkylation sites (tertiary alicyclic amines) is 2. The molecule has 0 spiro atoms. The zero-order chi connectivity index (χ0) is 19.9. The highest BCUT2D eigenvalue weighted by Crippen LogP contribution is 2.51. The number of piperazine rings is 1. The number of ether oxygens (including phenoxy) is 1. The molecular weight excluding hydrogens is 368 g/mol. The van der Waals surface area contributed by atoms with Crippen molar-refractivity contribution >= 4 is 5.91 Å². The van der Waals surface area contributed by atoms with Crippen molar-refractivity contribution in [3.8, 4) is 0 Å². The summed E-state index contributed by atoms with van der Waals surface area (Å²) in [6.07, 6.45) is 5.21. The Hall–Kier alpha value is -0.770. The van der Waals surface area contributed by atoms with Gasteiger partial charge in [0.05, 0.1) is 6.61 Å². The fourth-order valence-corrected chi connectivity index (χ4v) is 6.90. The lowest BCUT2D eigenvalue weighted by Crippen LogP contribution is -2.88. The summed E-state index contributed by atoms with van der Waals surface area (Å²) in [4.78, 5) is 23.3. The molecule has 0 radical (unpaired) electrons. The van der Waals surface area contributed by atoms with Gasteiger partial charge in [0, 0.05) is 71.2 Å². The van der Waals surface area contributed by atoms with Crippen molar-refractivity contribution in [3.05, 3.63) is 0 Å². The summed E-state index contributed by atoms with van der Waals surface area (Å²) in [6.45, 7) is 10.4. The van der Waals surface area contributed by atoms with Crippen LogP contribution < -0.4 is 10.6 Å². The Bertz CT molecular complexity index is 584. The highest BCUT2D eigenvalue weighted by Gasteiger charge is 2.70. The van der Waals surface area contributed by atoms with E-state index in [-0.39, 0.29) is 11.6 Å². The Morgan fingerprint density at radius 1 is 0.931 bits per heavy atom. The summed E-state index contributed by atoms with van der Waals surface area (Å²) in [5.41, 5.74) is -0.303. The zero-order valence-electron chi connectivity index (χ0n) is 18.0. The first kappa shape index (κ1) is 20.2. The molecule has 5 aliphatic heterocycles. The van der Waals surface area contributed by atoms with Gasteiger partial charge in [-0.3, -0.25) is 24.4 Å². The van der Waals surface area contributed by atoms with Crippen LogP contribution in [-0.2, 0) is 9.53 Å². The molecule has 0 aromatic heterocycles. The summed E-state index contributed by atoms with van der Waals surface area (Å²) in [5, 5.41) is 7.15. The second-order valence-electron chi connectivity index (χ2n) is 9.37. The van der Waals surface area contributed by atoms with Crippen LogP contribution in [0, 0.1) is 5.92 Å². The monoisotopic (exact) mass is 406 g/mol. The molecule has 0 aromatic carbocycles. The smallest absolute Gasteiger partial charge is 0.236 e. The second kappa shape index (κ2) is 8.05. The van der Waals surface area contributed by atoms with Crippen LogP contribution in [0.1, 0.15) is 32.1 Å². The van der Waals surface area contributed by atoms with Crippen molar-refractivity contribution < 1.29 is 9.53 Å². The van der Waals surface area contributed by atoms with Crippen LogP contribution in [0.2, 0.25) is 0 Å². The molecule has 5 aliphatic rings. The van der Waals surface area contributed by atoms with Crippen molar-refractivity contribution in [1.29, 1.82) is 0 Å². The van der Waals surface area contributed by atoms with E-state index >= 15 is 0 Å². The number of likely N-dealkylation sites (N-methyl/N-ethyl adjacent to an activating group) is 1. The molecule has 3 unspecified atom stereocenters. The predicted molar refractivity (Wildman–Crippen MR) is 111 cm³/mol. The number of nitrogens with zero attached hydrogens (tertiary/aromatic N) is 4. The van der Waals surface area contributed by atoms with Crippen LogP contribution in [0.4, 0.5) is 0 Å². The molecule has 0 saturated carbocycles. The third-order valence-corrected chi connectivity index (χ3v) is 7.99. The van der Waals surface area contributed by atoms with Gasteiger partial charge in [-0.2, -0.15) is 0 Å². The minimum absolute atomic E-state index is 0.272. The van der Waals surface area contributed by atoms with Crippen molar-refractivity contribution in [2.75, 3.05) is 79.1 Å². The van der Waals surface area contributed by atoms with E-state index in [1.807, 2.05) is 0 Å². The summed E-state index contributed by atoms with van der Waals surface area (Å²) in [7, 11) is 2.29. The first-order valence-electron chi connectivity index (χ1n) is 11.8. The Morgan fingerprint density at radius 3 is 2.38 bits per heavy atom. The molecule has 5 saturated heterocycles. The first-order valence-corrected chi connectivity index (χ1v) is 11.8.